The van der Waals surface area contributed by atoms with Crippen LogP contribution in [0.1, 0.15) is 0 Å². The summed E-state index contributed by atoms with van der Waals surface area (Å²) in [6.07, 6.45) is 0. The topological polar surface area (TPSA) is 0 Å². The summed E-state index contributed by atoms with van der Waals surface area (Å²) in [7, 11) is 0.00673. The van der Waals surface area contributed by atoms with Gasteiger partial charge in [0, 0.05) is 27.5 Å². The van der Waals surface area contributed by atoms with E-state index in [-0.39, 0.29) is 10.5 Å². The van der Waals surface area contributed by atoms with Crippen molar-refractivity contribution in [2.45, 2.75) is 0 Å². The molecule has 0 bridgehead atoms. The van der Waals surface area contributed by atoms with E-state index in [4.69, 9.17) is 0 Å². The molecule has 1 heterocycles. The summed E-state index contributed by atoms with van der Waals surface area (Å²) in [5.74, 6) is 0. The fourth-order valence-electron chi connectivity index (χ4n) is 2.72. The van der Waals surface area contributed by atoms with E-state index in [1.54, 1.807) is 0 Å². The summed E-state index contributed by atoms with van der Waals surface area (Å²) < 4.78 is 1.43. The second-order valence-corrected chi connectivity index (χ2v) is 7.00. The zero-order valence-corrected chi connectivity index (χ0v) is 12.4. The third-order valence-corrected chi connectivity index (χ3v) is 6.03. The first-order valence-electron chi connectivity index (χ1n) is 7.09. The Kier molecular flexibility index (Phi) is 3.06. The number of rotatable bonds is 2. The Hall–Kier alpha value is -2.38. The lowest BCUT2D eigenvalue weighted by molar-refractivity contribution is 1.70. The minimum atomic E-state index is 0.00673. The van der Waals surface area contributed by atoms with E-state index in [9.17, 15) is 0 Å². The summed E-state index contributed by atoms with van der Waals surface area (Å²) in [5, 5.41) is 1.35. The molecule has 0 saturated carbocycles. The van der Waals surface area contributed by atoms with Crippen molar-refractivity contribution in [2.75, 3.05) is 0 Å². The zero-order valence-electron chi connectivity index (χ0n) is 11.6. The standard InChI is InChI=1S/C20H15S/c1-3-9-16(10-4-1)20-15-17-11-7-8-14-19(17)21(20)18-12-5-2-6-13-18/h1-15H/q+1. The average Bonchev–Trinajstić information content (AvgIpc) is 2.96. The van der Waals surface area contributed by atoms with Gasteiger partial charge in [-0.1, -0.05) is 48.5 Å². The first-order valence-corrected chi connectivity index (χ1v) is 8.31. The highest BCUT2D eigenvalue weighted by Crippen LogP contribution is 2.48. The molecule has 1 atom stereocenters. The zero-order chi connectivity index (χ0) is 14.1. The molecule has 0 radical (unpaired) electrons. The molecule has 0 amide bonds. The summed E-state index contributed by atoms with van der Waals surface area (Å²) in [5.41, 5.74) is 1.32. The van der Waals surface area contributed by atoms with Gasteiger partial charge < -0.3 is 0 Å². The van der Waals surface area contributed by atoms with Crippen LogP contribution in [0.5, 0.6) is 0 Å². The monoisotopic (exact) mass is 287 g/mol. The second-order valence-electron chi connectivity index (χ2n) is 5.03. The largest absolute Gasteiger partial charge is 0.187 e. The number of thiophene rings is 1. The van der Waals surface area contributed by atoms with Crippen LogP contribution < -0.4 is 0 Å². The molecule has 4 rings (SSSR count). The van der Waals surface area contributed by atoms with Crippen LogP contribution in [0.25, 0.3) is 25.4 Å². The Morgan fingerprint density at radius 1 is 0.571 bits per heavy atom. The molecule has 1 heteroatoms. The van der Waals surface area contributed by atoms with Crippen molar-refractivity contribution >= 4 is 20.6 Å². The maximum absolute atomic E-state index is 2.35. The molecule has 1 aromatic heterocycles. The molecular weight excluding hydrogens is 272 g/mol. The Morgan fingerprint density at radius 3 is 1.95 bits per heavy atom. The van der Waals surface area contributed by atoms with Crippen LogP contribution in [0.15, 0.2) is 91.0 Å². The molecule has 21 heavy (non-hydrogen) atoms. The SMILES string of the molecule is c1ccc(-c2cc3ccccc3[s+]2-c2ccccc2)cc1. The second kappa shape index (κ2) is 5.19. The maximum atomic E-state index is 2.35. The van der Waals surface area contributed by atoms with Gasteiger partial charge in [0.25, 0.3) is 0 Å². The van der Waals surface area contributed by atoms with Crippen LogP contribution in [-0.2, 0) is 0 Å². The lowest BCUT2D eigenvalue weighted by Gasteiger charge is -1.97. The molecule has 0 aliphatic rings. The van der Waals surface area contributed by atoms with Crippen LogP contribution in [0.4, 0.5) is 0 Å². The molecule has 0 nitrogen and oxygen atoms in total. The fraction of sp³-hybridized carbons (Fsp3) is 0. The van der Waals surface area contributed by atoms with E-state index in [1.165, 1.54) is 25.4 Å². The smallest absolute Gasteiger partial charge is 0.0622 e. The summed E-state index contributed by atoms with van der Waals surface area (Å²) in [6.45, 7) is 0. The first-order chi connectivity index (χ1) is 10.4. The Morgan fingerprint density at radius 2 is 1.19 bits per heavy atom. The highest BCUT2D eigenvalue weighted by Gasteiger charge is 2.23. The van der Waals surface area contributed by atoms with Crippen molar-refractivity contribution in [3.63, 3.8) is 0 Å². The molecule has 3 aromatic carbocycles. The van der Waals surface area contributed by atoms with Crippen LogP contribution in [0.3, 0.4) is 0 Å². The van der Waals surface area contributed by atoms with Gasteiger partial charge >= 0.3 is 0 Å². The minimum absolute atomic E-state index is 0.00673. The van der Waals surface area contributed by atoms with E-state index in [2.05, 4.69) is 91.0 Å². The van der Waals surface area contributed by atoms with Crippen LogP contribution in [0, 0.1) is 0 Å². The lowest BCUT2D eigenvalue weighted by atomic mass is 10.2. The fourth-order valence-corrected chi connectivity index (χ4v) is 5.09. The van der Waals surface area contributed by atoms with E-state index < -0.39 is 0 Å². The molecule has 1 unspecified atom stereocenters. The Balaban J connectivity index is 2.07. The van der Waals surface area contributed by atoms with Gasteiger partial charge in [0.2, 0.25) is 0 Å². The van der Waals surface area contributed by atoms with E-state index in [1.807, 2.05) is 0 Å². The number of fused-ring (bicyclic) bond motifs is 1. The van der Waals surface area contributed by atoms with Gasteiger partial charge in [-0.15, -0.1) is 0 Å². The van der Waals surface area contributed by atoms with Gasteiger partial charge in [-0.25, -0.2) is 0 Å². The van der Waals surface area contributed by atoms with Gasteiger partial charge in [0.15, 0.2) is 14.5 Å². The van der Waals surface area contributed by atoms with Crippen molar-refractivity contribution < 1.29 is 0 Å². The van der Waals surface area contributed by atoms with Gasteiger partial charge in [-0.05, 0) is 36.4 Å². The summed E-state index contributed by atoms with van der Waals surface area (Å²) >= 11 is 0. The maximum Gasteiger partial charge on any atom is 0.187 e. The third kappa shape index (κ3) is 2.16. The van der Waals surface area contributed by atoms with Crippen LogP contribution in [-0.4, -0.2) is 0 Å². The highest BCUT2D eigenvalue weighted by molar-refractivity contribution is 7.47. The first kappa shape index (κ1) is 12.4. The molecule has 0 fully saturated rings. The lowest BCUT2D eigenvalue weighted by Crippen LogP contribution is -1.74. The molecule has 0 N–H and O–H groups in total. The van der Waals surface area contributed by atoms with E-state index in [0.29, 0.717) is 0 Å². The van der Waals surface area contributed by atoms with E-state index >= 15 is 0 Å². The van der Waals surface area contributed by atoms with Gasteiger partial charge in [-0.3, -0.25) is 0 Å². The minimum Gasteiger partial charge on any atom is -0.0622 e. The quantitative estimate of drug-likeness (QED) is 0.382. The molecule has 4 aromatic rings. The van der Waals surface area contributed by atoms with Crippen molar-refractivity contribution in [2.24, 2.45) is 0 Å². The van der Waals surface area contributed by atoms with Crippen LogP contribution >= 0.6 is 10.5 Å². The van der Waals surface area contributed by atoms with Crippen molar-refractivity contribution in [1.82, 2.24) is 0 Å². The van der Waals surface area contributed by atoms with Crippen molar-refractivity contribution in [3.8, 4) is 15.3 Å². The summed E-state index contributed by atoms with van der Waals surface area (Å²) in [6, 6.07) is 32.6. The Bertz CT molecular complexity index is 874. The van der Waals surface area contributed by atoms with Crippen molar-refractivity contribution in [1.29, 1.82) is 0 Å². The van der Waals surface area contributed by atoms with Gasteiger partial charge in [0.05, 0.1) is 0 Å². The molecule has 0 saturated heterocycles. The predicted molar refractivity (Wildman–Crippen MR) is 93.2 cm³/mol. The number of hydrogen-bond donors (Lipinski definition) is 0. The molecule has 0 aliphatic heterocycles. The highest BCUT2D eigenvalue weighted by atomic mass is 32.2. The molecular formula is C20H15S+. The normalized spacial score (nSPS) is 11.7. The molecule has 0 spiro atoms. The van der Waals surface area contributed by atoms with Gasteiger partial charge in [-0.2, -0.15) is 0 Å². The van der Waals surface area contributed by atoms with Crippen molar-refractivity contribution in [3.05, 3.63) is 91.0 Å². The third-order valence-electron chi connectivity index (χ3n) is 3.68. The van der Waals surface area contributed by atoms with Gasteiger partial charge in [0.1, 0.15) is 0 Å². The summed E-state index contributed by atoms with van der Waals surface area (Å²) in [4.78, 5) is 2.81. The average molecular weight is 287 g/mol. The Labute approximate surface area is 127 Å². The van der Waals surface area contributed by atoms with E-state index in [0.717, 1.165) is 0 Å². The predicted octanol–water partition coefficient (Wildman–Crippen LogP) is 6.25. The number of benzene rings is 3. The molecule has 0 aliphatic carbocycles. The number of hydrogen-bond acceptors (Lipinski definition) is 0. The van der Waals surface area contributed by atoms with Crippen LogP contribution in [0.2, 0.25) is 0 Å². The molecule has 100 valence electrons.